The van der Waals surface area contributed by atoms with Crippen molar-refractivity contribution in [2.24, 2.45) is 0 Å². The summed E-state index contributed by atoms with van der Waals surface area (Å²) in [5.41, 5.74) is 0. The average Bonchev–Trinajstić information content (AvgIpc) is 2.47. The van der Waals surface area contributed by atoms with E-state index < -0.39 is 0 Å². The zero-order valence-corrected chi connectivity index (χ0v) is 16.8. The van der Waals surface area contributed by atoms with Crippen molar-refractivity contribution in [1.82, 2.24) is 0 Å². The molecule has 128 valence electrons. The van der Waals surface area contributed by atoms with Crippen LogP contribution in [0.4, 0.5) is 0 Å². The molecule has 2 unspecified atom stereocenters. The topological polar surface area (TPSA) is 0 Å². The fraction of sp³-hybridized carbons (Fsp3) is 1.00. The number of thioether (sulfide) groups is 2. The quantitative estimate of drug-likeness (QED) is 0.267. The van der Waals surface area contributed by atoms with Gasteiger partial charge < -0.3 is 0 Å². The Labute approximate surface area is 144 Å². The van der Waals surface area contributed by atoms with Crippen LogP contribution in [-0.2, 0) is 0 Å². The van der Waals surface area contributed by atoms with E-state index >= 15 is 0 Å². The Bertz CT molecular complexity index is 194. The first kappa shape index (κ1) is 21.7. The highest BCUT2D eigenvalue weighted by Crippen LogP contribution is 2.22. The van der Waals surface area contributed by atoms with Gasteiger partial charge >= 0.3 is 0 Å². The summed E-state index contributed by atoms with van der Waals surface area (Å²) in [6.45, 7) is 9.38. The van der Waals surface area contributed by atoms with Crippen LogP contribution in [-0.4, -0.2) is 22.0 Å². The molecule has 0 aromatic heterocycles. The number of hydrogen-bond acceptors (Lipinski definition) is 2. The van der Waals surface area contributed by atoms with E-state index in [0.29, 0.717) is 0 Å². The van der Waals surface area contributed by atoms with Gasteiger partial charge in [-0.15, -0.1) is 0 Å². The van der Waals surface area contributed by atoms with Crippen LogP contribution in [0.5, 0.6) is 0 Å². The molecule has 0 bridgehead atoms. The second-order valence-electron chi connectivity index (χ2n) is 6.42. The van der Waals surface area contributed by atoms with Gasteiger partial charge in [-0.2, -0.15) is 23.5 Å². The van der Waals surface area contributed by atoms with E-state index in [9.17, 15) is 0 Å². The second-order valence-corrected chi connectivity index (χ2v) is 9.51. The third-order valence-electron chi connectivity index (χ3n) is 4.05. The van der Waals surface area contributed by atoms with Crippen molar-refractivity contribution < 1.29 is 0 Å². The zero-order valence-electron chi connectivity index (χ0n) is 15.2. The first-order valence-corrected chi connectivity index (χ1v) is 11.5. The summed E-state index contributed by atoms with van der Waals surface area (Å²) in [7, 11) is 0. The van der Waals surface area contributed by atoms with Crippen LogP contribution in [0.1, 0.15) is 98.3 Å². The lowest BCUT2D eigenvalue weighted by atomic mass is 10.1. The van der Waals surface area contributed by atoms with Crippen molar-refractivity contribution in [2.45, 2.75) is 109 Å². The first-order chi connectivity index (χ1) is 10.2. The highest BCUT2D eigenvalue weighted by atomic mass is 32.2. The van der Waals surface area contributed by atoms with Crippen LogP contribution in [0.2, 0.25) is 0 Å². The Hall–Kier alpha value is 0.700. The molecule has 21 heavy (non-hydrogen) atoms. The third kappa shape index (κ3) is 16.9. The molecule has 0 aliphatic heterocycles. The Morgan fingerprint density at radius 2 is 1.05 bits per heavy atom. The average molecular weight is 333 g/mol. The third-order valence-corrected chi connectivity index (χ3v) is 6.80. The molecule has 2 atom stereocenters. The standard InChI is InChI=1S/C19H40S2/c1-5-7-8-9-10-11-12-13-15-19(4)21-17-16-20-18(3)14-6-2/h18-19H,5-17H2,1-4H3. The van der Waals surface area contributed by atoms with E-state index in [0.717, 1.165) is 10.5 Å². The van der Waals surface area contributed by atoms with Crippen molar-refractivity contribution in [3.63, 3.8) is 0 Å². The zero-order chi connectivity index (χ0) is 15.8. The van der Waals surface area contributed by atoms with Crippen LogP contribution in [0.15, 0.2) is 0 Å². The second kappa shape index (κ2) is 17.1. The molecule has 0 amide bonds. The van der Waals surface area contributed by atoms with Crippen LogP contribution in [0, 0.1) is 0 Å². The monoisotopic (exact) mass is 332 g/mol. The van der Waals surface area contributed by atoms with E-state index in [1.807, 2.05) is 0 Å². The molecule has 0 aliphatic carbocycles. The Balaban J connectivity index is 3.21. The molecule has 0 aromatic rings. The SMILES string of the molecule is CCCCCCCCCCC(C)SCCSC(C)CCC. The van der Waals surface area contributed by atoms with Crippen LogP contribution < -0.4 is 0 Å². The van der Waals surface area contributed by atoms with Gasteiger partial charge in [0.2, 0.25) is 0 Å². The maximum Gasteiger partial charge on any atom is 0.00263 e. The molecule has 0 heterocycles. The largest absolute Gasteiger partial charge is 0.158 e. The minimum Gasteiger partial charge on any atom is -0.158 e. The summed E-state index contributed by atoms with van der Waals surface area (Å²) < 4.78 is 0. The van der Waals surface area contributed by atoms with Crippen molar-refractivity contribution in [2.75, 3.05) is 11.5 Å². The van der Waals surface area contributed by atoms with Crippen LogP contribution >= 0.6 is 23.5 Å². The molecule has 0 rings (SSSR count). The van der Waals surface area contributed by atoms with Gasteiger partial charge in [-0.25, -0.2) is 0 Å². The van der Waals surface area contributed by atoms with Gasteiger partial charge in [0.1, 0.15) is 0 Å². The van der Waals surface area contributed by atoms with E-state index in [1.54, 1.807) is 0 Å². The summed E-state index contributed by atoms with van der Waals surface area (Å²) in [6, 6.07) is 0. The predicted octanol–water partition coefficient (Wildman–Crippen LogP) is 7.56. The lowest BCUT2D eigenvalue weighted by Gasteiger charge is -2.13. The number of unbranched alkanes of at least 4 members (excludes halogenated alkanes) is 7. The molecule has 0 aromatic carbocycles. The Kier molecular flexibility index (Phi) is 17.6. The predicted molar refractivity (Wildman–Crippen MR) is 106 cm³/mol. The van der Waals surface area contributed by atoms with Crippen molar-refractivity contribution in [3.05, 3.63) is 0 Å². The van der Waals surface area contributed by atoms with Gasteiger partial charge in [0.25, 0.3) is 0 Å². The van der Waals surface area contributed by atoms with Gasteiger partial charge in [-0.05, 0) is 12.8 Å². The fourth-order valence-corrected chi connectivity index (χ4v) is 4.95. The minimum absolute atomic E-state index is 0.860. The van der Waals surface area contributed by atoms with E-state index in [4.69, 9.17) is 0 Å². The Morgan fingerprint density at radius 3 is 1.57 bits per heavy atom. The molecule has 0 fully saturated rings. The lowest BCUT2D eigenvalue weighted by Crippen LogP contribution is -2.02. The summed E-state index contributed by atoms with van der Waals surface area (Å²) in [4.78, 5) is 0. The lowest BCUT2D eigenvalue weighted by molar-refractivity contribution is 0.564. The van der Waals surface area contributed by atoms with Crippen molar-refractivity contribution in [3.8, 4) is 0 Å². The summed E-state index contributed by atoms with van der Waals surface area (Å²) >= 11 is 4.35. The number of hydrogen-bond donors (Lipinski definition) is 0. The van der Waals surface area contributed by atoms with E-state index in [-0.39, 0.29) is 0 Å². The van der Waals surface area contributed by atoms with Crippen molar-refractivity contribution >= 4 is 23.5 Å². The van der Waals surface area contributed by atoms with Crippen LogP contribution in [0.3, 0.4) is 0 Å². The fourth-order valence-electron chi connectivity index (χ4n) is 2.64. The molecule has 0 N–H and O–H groups in total. The summed E-state index contributed by atoms with van der Waals surface area (Å²) in [5, 5.41) is 1.73. The molecular formula is C19H40S2. The summed E-state index contributed by atoms with van der Waals surface area (Å²) in [5.74, 6) is 2.69. The Morgan fingerprint density at radius 1 is 0.571 bits per heavy atom. The van der Waals surface area contributed by atoms with Gasteiger partial charge in [0, 0.05) is 22.0 Å². The summed E-state index contributed by atoms with van der Waals surface area (Å²) in [6.07, 6.45) is 15.7. The highest BCUT2D eigenvalue weighted by molar-refractivity contribution is 8.03. The van der Waals surface area contributed by atoms with Gasteiger partial charge in [-0.3, -0.25) is 0 Å². The molecule has 0 saturated carbocycles. The molecule has 0 nitrogen and oxygen atoms in total. The van der Waals surface area contributed by atoms with Gasteiger partial charge in [0.05, 0.1) is 0 Å². The maximum absolute atomic E-state index is 2.42. The maximum atomic E-state index is 2.42. The molecule has 2 heteroatoms. The smallest absolute Gasteiger partial charge is 0.00263 e. The molecule has 0 radical (unpaired) electrons. The molecule has 0 aliphatic rings. The molecule has 0 spiro atoms. The normalized spacial score (nSPS) is 14.3. The number of rotatable bonds is 16. The highest BCUT2D eigenvalue weighted by Gasteiger charge is 2.04. The van der Waals surface area contributed by atoms with Crippen LogP contribution in [0.25, 0.3) is 0 Å². The molecular weight excluding hydrogens is 292 g/mol. The molecule has 0 saturated heterocycles. The van der Waals surface area contributed by atoms with E-state index in [2.05, 4.69) is 51.2 Å². The van der Waals surface area contributed by atoms with Gasteiger partial charge in [-0.1, -0.05) is 85.5 Å². The van der Waals surface area contributed by atoms with Gasteiger partial charge in [0.15, 0.2) is 0 Å². The van der Waals surface area contributed by atoms with Crippen molar-refractivity contribution in [1.29, 1.82) is 0 Å². The first-order valence-electron chi connectivity index (χ1n) is 9.43. The van der Waals surface area contributed by atoms with E-state index in [1.165, 1.54) is 82.1 Å². The minimum atomic E-state index is 0.860.